The summed E-state index contributed by atoms with van der Waals surface area (Å²) in [6.45, 7) is 1.71. The Labute approximate surface area is 185 Å². The average Bonchev–Trinajstić information content (AvgIpc) is 3.23. The Balaban J connectivity index is 1.11. The van der Waals surface area contributed by atoms with Gasteiger partial charge in [-0.1, -0.05) is 36.4 Å². The molecule has 2 aliphatic rings. The highest BCUT2D eigenvalue weighted by molar-refractivity contribution is 7.92. The number of aromatic nitrogens is 1. The highest BCUT2D eigenvalue weighted by Gasteiger charge is 2.39. The summed E-state index contributed by atoms with van der Waals surface area (Å²) in [5.41, 5.74) is 6.37. The molecule has 156 valence electrons. The Hall–Kier alpha value is -2.73. The first-order chi connectivity index (χ1) is 15.3. The van der Waals surface area contributed by atoms with Crippen LogP contribution in [0.5, 0.6) is 0 Å². The fourth-order valence-electron chi connectivity index (χ4n) is 4.71. The molecule has 1 saturated carbocycles. The molecule has 4 aromatic rings. The standard InChI is InChI=1S/C26H25N3OS/c30-31(22-4-2-1-3-5-22)29-13-11-21-15-19(7-9-26(21)29)23-16-25(23)28-17-18-6-8-24-20(14-18)10-12-27-24/h1-10,12,14-15,23,25,27-28H,11,13,16-17H2. The molecule has 31 heavy (non-hydrogen) atoms. The van der Waals surface area contributed by atoms with Crippen molar-refractivity contribution in [3.8, 4) is 0 Å². The lowest BCUT2D eigenvalue weighted by atomic mass is 10.0. The second-order valence-electron chi connectivity index (χ2n) is 8.53. The zero-order valence-electron chi connectivity index (χ0n) is 17.3. The number of rotatable bonds is 6. The molecule has 2 heterocycles. The van der Waals surface area contributed by atoms with Crippen LogP contribution in [0.3, 0.4) is 0 Å². The summed E-state index contributed by atoms with van der Waals surface area (Å²) in [5, 5.41) is 4.99. The quantitative estimate of drug-likeness (QED) is 0.431. The van der Waals surface area contributed by atoms with Gasteiger partial charge in [-0.3, -0.25) is 0 Å². The van der Waals surface area contributed by atoms with Gasteiger partial charge in [0.15, 0.2) is 4.90 Å². The molecule has 0 spiro atoms. The van der Waals surface area contributed by atoms with Gasteiger partial charge in [0, 0.05) is 30.2 Å². The van der Waals surface area contributed by atoms with Gasteiger partial charge < -0.3 is 14.9 Å². The maximum atomic E-state index is 13.0. The number of benzene rings is 3. The lowest BCUT2D eigenvalue weighted by Crippen LogP contribution is -2.29. The third-order valence-electron chi connectivity index (χ3n) is 6.51. The number of nitrogens with one attached hydrogen (secondary N) is 2. The third kappa shape index (κ3) is 3.63. The molecular weight excluding hydrogens is 402 g/mol. The molecule has 3 atom stereocenters. The van der Waals surface area contributed by atoms with Crippen molar-refractivity contribution in [2.75, 3.05) is 10.8 Å². The molecular formula is C26H25N3OS. The van der Waals surface area contributed by atoms with Gasteiger partial charge in [0.25, 0.3) is 0 Å². The average molecular weight is 428 g/mol. The number of nitrogens with zero attached hydrogens (tertiary/aromatic N) is 1. The lowest BCUT2D eigenvalue weighted by Gasteiger charge is -2.21. The largest absolute Gasteiger partial charge is 0.588 e. The van der Waals surface area contributed by atoms with Crippen LogP contribution in [-0.2, 0) is 24.3 Å². The first kappa shape index (κ1) is 19.0. The first-order valence-corrected chi connectivity index (χ1v) is 12.0. The minimum atomic E-state index is -1.14. The normalized spacial score (nSPS) is 20.7. The number of hydrogen-bond acceptors (Lipinski definition) is 3. The Morgan fingerprint density at radius 3 is 2.84 bits per heavy atom. The summed E-state index contributed by atoms with van der Waals surface area (Å²) < 4.78 is 15.0. The van der Waals surface area contributed by atoms with Crippen LogP contribution in [0.4, 0.5) is 5.69 Å². The smallest absolute Gasteiger partial charge is 0.180 e. The van der Waals surface area contributed by atoms with E-state index in [-0.39, 0.29) is 0 Å². The molecule has 1 fully saturated rings. The molecule has 1 aromatic heterocycles. The van der Waals surface area contributed by atoms with Crippen molar-refractivity contribution in [3.63, 3.8) is 0 Å². The van der Waals surface area contributed by atoms with Crippen molar-refractivity contribution in [3.05, 3.63) is 95.7 Å². The Morgan fingerprint density at radius 2 is 1.94 bits per heavy atom. The number of hydrogen-bond donors (Lipinski definition) is 2. The van der Waals surface area contributed by atoms with E-state index in [0.29, 0.717) is 12.0 Å². The van der Waals surface area contributed by atoms with Crippen molar-refractivity contribution >= 4 is 28.0 Å². The lowest BCUT2D eigenvalue weighted by molar-refractivity contribution is 0.591. The van der Waals surface area contributed by atoms with Crippen LogP contribution in [-0.4, -0.2) is 22.1 Å². The highest BCUT2D eigenvalue weighted by atomic mass is 32.2. The van der Waals surface area contributed by atoms with Crippen molar-refractivity contribution in [1.29, 1.82) is 0 Å². The van der Waals surface area contributed by atoms with Gasteiger partial charge >= 0.3 is 0 Å². The van der Waals surface area contributed by atoms with Gasteiger partial charge in [0.05, 0.1) is 12.2 Å². The zero-order chi connectivity index (χ0) is 20.8. The molecule has 6 rings (SSSR count). The number of fused-ring (bicyclic) bond motifs is 2. The minimum Gasteiger partial charge on any atom is -0.588 e. The molecule has 3 aromatic carbocycles. The Kier molecular flexibility index (Phi) is 4.75. The van der Waals surface area contributed by atoms with Crippen LogP contribution in [0, 0.1) is 0 Å². The maximum Gasteiger partial charge on any atom is 0.180 e. The van der Waals surface area contributed by atoms with Gasteiger partial charge in [0.1, 0.15) is 11.4 Å². The molecule has 2 N–H and O–H groups in total. The van der Waals surface area contributed by atoms with Gasteiger partial charge in [-0.05, 0) is 71.3 Å². The van der Waals surface area contributed by atoms with E-state index in [2.05, 4.69) is 52.8 Å². The van der Waals surface area contributed by atoms with Crippen LogP contribution in [0.15, 0.2) is 83.9 Å². The summed E-state index contributed by atoms with van der Waals surface area (Å²) in [6, 6.07) is 25.8. The summed E-state index contributed by atoms with van der Waals surface area (Å²) in [5.74, 6) is 0.579. The van der Waals surface area contributed by atoms with Crippen LogP contribution in [0.25, 0.3) is 10.9 Å². The summed E-state index contributed by atoms with van der Waals surface area (Å²) >= 11 is -1.14. The van der Waals surface area contributed by atoms with Crippen molar-refractivity contribution < 1.29 is 4.55 Å². The van der Waals surface area contributed by atoms with E-state index in [1.807, 2.05) is 40.8 Å². The predicted octanol–water partition coefficient (Wildman–Crippen LogP) is 4.90. The Morgan fingerprint density at radius 1 is 1.03 bits per heavy atom. The zero-order valence-corrected chi connectivity index (χ0v) is 18.1. The molecule has 0 amide bonds. The highest BCUT2D eigenvalue weighted by Crippen LogP contribution is 2.43. The van der Waals surface area contributed by atoms with Gasteiger partial charge in [0.2, 0.25) is 0 Å². The van der Waals surface area contributed by atoms with Crippen molar-refractivity contribution in [2.24, 2.45) is 0 Å². The van der Waals surface area contributed by atoms with E-state index < -0.39 is 11.4 Å². The van der Waals surface area contributed by atoms with E-state index in [1.54, 1.807) is 0 Å². The fourth-order valence-corrected chi connectivity index (χ4v) is 5.97. The van der Waals surface area contributed by atoms with E-state index >= 15 is 0 Å². The molecule has 0 saturated heterocycles. The van der Waals surface area contributed by atoms with E-state index in [9.17, 15) is 4.55 Å². The van der Waals surface area contributed by atoms with Crippen molar-refractivity contribution in [2.45, 2.75) is 36.2 Å². The van der Waals surface area contributed by atoms with Crippen LogP contribution < -0.4 is 9.62 Å². The summed E-state index contributed by atoms with van der Waals surface area (Å²) in [7, 11) is 0. The van der Waals surface area contributed by atoms with Crippen LogP contribution >= 0.6 is 0 Å². The monoisotopic (exact) mass is 427 g/mol. The molecule has 0 bridgehead atoms. The number of H-pyrrole nitrogens is 1. The molecule has 1 aliphatic carbocycles. The second-order valence-corrected chi connectivity index (χ2v) is 9.94. The first-order valence-electron chi connectivity index (χ1n) is 10.9. The van der Waals surface area contributed by atoms with Gasteiger partial charge in [-0.25, -0.2) is 0 Å². The third-order valence-corrected chi connectivity index (χ3v) is 7.96. The summed E-state index contributed by atoms with van der Waals surface area (Å²) in [4.78, 5) is 4.11. The topological polar surface area (TPSA) is 54.1 Å². The fraction of sp³-hybridized carbons (Fsp3) is 0.231. The second kappa shape index (κ2) is 7.75. The minimum absolute atomic E-state index is 0.538. The van der Waals surface area contributed by atoms with Gasteiger partial charge in [-0.2, -0.15) is 4.31 Å². The van der Waals surface area contributed by atoms with E-state index in [4.69, 9.17) is 0 Å². The number of anilines is 1. The number of aromatic amines is 1. The van der Waals surface area contributed by atoms with Crippen molar-refractivity contribution in [1.82, 2.24) is 10.3 Å². The van der Waals surface area contributed by atoms with E-state index in [1.165, 1.54) is 34.0 Å². The van der Waals surface area contributed by atoms with Gasteiger partial charge in [-0.15, -0.1) is 0 Å². The SMILES string of the molecule is [O-][S+](c1ccccc1)N1CCc2cc(C3CC3NCc3ccc4[nH]ccc4c3)ccc21. The Bertz CT molecular complexity index is 1220. The predicted molar refractivity (Wildman–Crippen MR) is 127 cm³/mol. The molecule has 0 radical (unpaired) electrons. The molecule has 5 heteroatoms. The summed E-state index contributed by atoms with van der Waals surface area (Å²) in [6.07, 6.45) is 4.14. The van der Waals surface area contributed by atoms with E-state index in [0.717, 1.165) is 30.1 Å². The van der Waals surface area contributed by atoms with Crippen LogP contribution in [0.1, 0.15) is 29.0 Å². The molecule has 4 nitrogen and oxygen atoms in total. The molecule has 3 unspecified atom stereocenters. The maximum absolute atomic E-state index is 13.0. The van der Waals surface area contributed by atoms with Crippen LogP contribution in [0.2, 0.25) is 0 Å². The molecule has 1 aliphatic heterocycles.